The third kappa shape index (κ3) is 1.98. The van der Waals surface area contributed by atoms with Crippen molar-refractivity contribution in [3.8, 4) is 0 Å². The second-order valence-corrected chi connectivity index (χ2v) is 5.39. The molecule has 4 nitrogen and oxygen atoms in total. The molecule has 0 fully saturated rings. The summed E-state index contributed by atoms with van der Waals surface area (Å²) in [7, 11) is 1.75. The second kappa shape index (κ2) is 4.12. The lowest BCUT2D eigenvalue weighted by Crippen LogP contribution is -2.23. The van der Waals surface area contributed by atoms with E-state index in [9.17, 15) is 9.59 Å². The summed E-state index contributed by atoms with van der Waals surface area (Å²) in [5.41, 5.74) is 2.36. The third-order valence-corrected chi connectivity index (χ3v) is 3.54. The van der Waals surface area contributed by atoms with E-state index in [2.05, 4.69) is 0 Å². The summed E-state index contributed by atoms with van der Waals surface area (Å²) >= 11 is 0. The van der Waals surface area contributed by atoms with Gasteiger partial charge < -0.3 is 10.0 Å². The lowest BCUT2D eigenvalue weighted by molar-refractivity contribution is -0.138. The first-order valence-electron chi connectivity index (χ1n) is 5.93. The molecule has 0 bridgehead atoms. The van der Waals surface area contributed by atoms with Gasteiger partial charge in [0.05, 0.1) is 12.8 Å². The molecule has 0 saturated carbocycles. The first kappa shape index (κ1) is 12.6. The Bertz CT molecular complexity index is 520. The highest BCUT2D eigenvalue weighted by atomic mass is 16.4. The fraction of sp³-hybridized carbons (Fsp3) is 0.429. The minimum absolute atomic E-state index is 0.0569. The van der Waals surface area contributed by atoms with E-state index in [0.29, 0.717) is 6.42 Å². The van der Waals surface area contributed by atoms with E-state index in [4.69, 9.17) is 5.11 Å². The number of anilines is 1. The highest BCUT2D eigenvalue weighted by Gasteiger charge is 2.33. The molecule has 0 atom stereocenters. The average molecular weight is 247 g/mol. The molecule has 4 heteroatoms. The number of carboxylic acid groups (broad SMARTS) is 1. The minimum Gasteiger partial charge on any atom is -0.481 e. The molecular formula is C14H17NO3. The van der Waals surface area contributed by atoms with Crippen molar-refractivity contribution in [3.63, 3.8) is 0 Å². The second-order valence-electron chi connectivity index (χ2n) is 5.39. The van der Waals surface area contributed by atoms with Crippen molar-refractivity contribution < 1.29 is 14.7 Å². The molecule has 1 heterocycles. The van der Waals surface area contributed by atoms with Crippen LogP contribution in [0.25, 0.3) is 0 Å². The topological polar surface area (TPSA) is 57.6 Å². The molecule has 0 saturated heterocycles. The number of carbonyl (C=O) groups is 2. The van der Waals surface area contributed by atoms with Gasteiger partial charge in [0.15, 0.2) is 0 Å². The van der Waals surface area contributed by atoms with E-state index in [0.717, 1.165) is 16.8 Å². The number of hydrogen-bond donors (Lipinski definition) is 1. The first-order valence-corrected chi connectivity index (χ1v) is 5.93. The van der Waals surface area contributed by atoms with Crippen molar-refractivity contribution in [1.29, 1.82) is 0 Å². The maximum atomic E-state index is 11.7. The summed E-state index contributed by atoms with van der Waals surface area (Å²) in [5, 5.41) is 8.99. The van der Waals surface area contributed by atoms with Crippen molar-refractivity contribution in [2.24, 2.45) is 0 Å². The molecule has 1 aliphatic heterocycles. The van der Waals surface area contributed by atoms with Crippen LogP contribution < -0.4 is 4.90 Å². The van der Waals surface area contributed by atoms with Crippen LogP contribution in [0.15, 0.2) is 18.2 Å². The van der Waals surface area contributed by atoms with Gasteiger partial charge in [-0.15, -0.1) is 0 Å². The number of amides is 1. The predicted octanol–water partition coefficient (Wildman–Crippen LogP) is 1.96. The van der Waals surface area contributed by atoms with Crippen LogP contribution in [0, 0.1) is 0 Å². The van der Waals surface area contributed by atoms with Crippen molar-refractivity contribution >= 4 is 17.6 Å². The van der Waals surface area contributed by atoms with Crippen molar-refractivity contribution in [2.75, 3.05) is 11.9 Å². The summed E-state index contributed by atoms with van der Waals surface area (Å²) < 4.78 is 0. The highest BCUT2D eigenvalue weighted by Crippen LogP contribution is 2.38. The number of nitrogens with zero attached hydrogens (tertiary/aromatic N) is 1. The average Bonchev–Trinajstić information content (AvgIpc) is 2.53. The summed E-state index contributed by atoms with van der Waals surface area (Å²) in [4.78, 5) is 24.3. The number of likely N-dealkylation sites (N-methyl/N-ethyl adjacent to an activating group) is 1. The zero-order chi connectivity index (χ0) is 13.5. The van der Waals surface area contributed by atoms with E-state index in [-0.39, 0.29) is 12.3 Å². The molecule has 96 valence electrons. The molecule has 1 aliphatic rings. The maximum absolute atomic E-state index is 11.7. The van der Waals surface area contributed by atoms with Crippen molar-refractivity contribution in [2.45, 2.75) is 32.1 Å². The van der Waals surface area contributed by atoms with Gasteiger partial charge >= 0.3 is 5.97 Å². The van der Waals surface area contributed by atoms with Crippen LogP contribution in [0.4, 0.5) is 5.69 Å². The molecule has 0 aliphatic carbocycles. The van der Waals surface area contributed by atoms with Gasteiger partial charge in [-0.25, -0.2) is 0 Å². The number of rotatable bonds is 3. The Morgan fingerprint density at radius 2 is 2.11 bits per heavy atom. The zero-order valence-electron chi connectivity index (χ0n) is 10.9. The van der Waals surface area contributed by atoms with Crippen LogP contribution in [0.3, 0.4) is 0 Å². The molecule has 2 rings (SSSR count). The monoisotopic (exact) mass is 247 g/mol. The van der Waals surface area contributed by atoms with Crippen LogP contribution in [0.5, 0.6) is 0 Å². The Morgan fingerprint density at radius 3 is 2.72 bits per heavy atom. The number of hydrogen-bond acceptors (Lipinski definition) is 2. The van der Waals surface area contributed by atoms with Crippen LogP contribution in [-0.4, -0.2) is 24.0 Å². The maximum Gasteiger partial charge on any atom is 0.304 e. The van der Waals surface area contributed by atoms with Crippen LogP contribution in [0.1, 0.15) is 31.4 Å². The molecule has 0 unspecified atom stereocenters. The van der Waals surface area contributed by atoms with Gasteiger partial charge in [-0.1, -0.05) is 26.0 Å². The number of carbonyl (C=O) groups excluding carboxylic acids is 1. The summed E-state index contributed by atoms with van der Waals surface area (Å²) in [6.45, 7) is 3.80. The molecule has 1 N–H and O–H groups in total. The van der Waals surface area contributed by atoms with Crippen LogP contribution in [-0.2, 0) is 21.4 Å². The molecular weight excluding hydrogens is 230 g/mol. The Kier molecular flexibility index (Phi) is 2.89. The lowest BCUT2D eigenvalue weighted by Gasteiger charge is -2.25. The molecule has 0 radical (unpaired) electrons. The predicted molar refractivity (Wildman–Crippen MR) is 68.8 cm³/mol. The van der Waals surface area contributed by atoms with Gasteiger partial charge in [0.1, 0.15) is 0 Å². The van der Waals surface area contributed by atoms with Gasteiger partial charge in [0.2, 0.25) is 5.91 Å². The van der Waals surface area contributed by atoms with E-state index < -0.39 is 11.4 Å². The summed E-state index contributed by atoms with van der Waals surface area (Å²) in [6.07, 6.45) is 0.423. The summed E-state index contributed by atoms with van der Waals surface area (Å²) in [6, 6.07) is 5.71. The minimum atomic E-state index is -0.824. The van der Waals surface area contributed by atoms with Gasteiger partial charge in [0.25, 0.3) is 0 Å². The van der Waals surface area contributed by atoms with Crippen molar-refractivity contribution in [1.82, 2.24) is 0 Å². The molecule has 1 amide bonds. The fourth-order valence-electron chi connectivity index (χ4n) is 2.59. The Hall–Kier alpha value is -1.84. The standard InChI is InChI=1S/C14H17NO3/c1-14(2,8-13(17)18)10-5-4-6-11-9(10)7-12(16)15(11)3/h4-6H,7-8H2,1-3H3,(H,17,18). The van der Waals surface area contributed by atoms with Gasteiger partial charge in [-0.2, -0.15) is 0 Å². The Balaban J connectivity index is 2.49. The van der Waals surface area contributed by atoms with Gasteiger partial charge in [0, 0.05) is 18.2 Å². The number of fused-ring (bicyclic) bond motifs is 1. The molecule has 0 aromatic heterocycles. The Labute approximate surface area is 106 Å². The third-order valence-electron chi connectivity index (χ3n) is 3.54. The number of benzene rings is 1. The normalized spacial score (nSPS) is 14.8. The molecule has 1 aromatic carbocycles. The molecule has 18 heavy (non-hydrogen) atoms. The van der Waals surface area contributed by atoms with Gasteiger partial charge in [-0.3, -0.25) is 9.59 Å². The van der Waals surface area contributed by atoms with Crippen molar-refractivity contribution in [3.05, 3.63) is 29.3 Å². The van der Waals surface area contributed by atoms with E-state index in [1.54, 1.807) is 11.9 Å². The van der Waals surface area contributed by atoms with Gasteiger partial charge in [-0.05, 0) is 17.2 Å². The van der Waals surface area contributed by atoms with E-state index in [1.165, 1.54) is 0 Å². The lowest BCUT2D eigenvalue weighted by atomic mass is 9.78. The van der Waals surface area contributed by atoms with E-state index >= 15 is 0 Å². The first-order chi connectivity index (χ1) is 8.33. The molecule has 1 aromatic rings. The van der Waals surface area contributed by atoms with Crippen LogP contribution >= 0.6 is 0 Å². The SMILES string of the molecule is CN1C(=O)Cc2c1cccc2C(C)(C)CC(=O)O. The van der Waals surface area contributed by atoms with E-state index in [1.807, 2.05) is 32.0 Å². The largest absolute Gasteiger partial charge is 0.481 e. The quantitative estimate of drug-likeness (QED) is 0.888. The number of carboxylic acids is 1. The highest BCUT2D eigenvalue weighted by molar-refractivity contribution is 6.01. The Morgan fingerprint density at radius 1 is 1.44 bits per heavy atom. The van der Waals surface area contributed by atoms with Crippen LogP contribution in [0.2, 0.25) is 0 Å². The summed E-state index contributed by atoms with van der Waals surface area (Å²) in [5.74, 6) is -0.765. The number of aliphatic carboxylic acids is 1. The zero-order valence-corrected chi connectivity index (χ0v) is 10.9. The smallest absolute Gasteiger partial charge is 0.304 e. The fourth-order valence-corrected chi connectivity index (χ4v) is 2.59. The molecule has 0 spiro atoms.